The Morgan fingerprint density at radius 1 is 1.20 bits per heavy atom. The summed E-state index contributed by atoms with van der Waals surface area (Å²) in [5.41, 5.74) is 1.44. The number of hydrogen-bond donors (Lipinski definition) is 1. The Bertz CT molecular complexity index is 846. The first-order valence-corrected chi connectivity index (χ1v) is 7.98. The van der Waals surface area contributed by atoms with Crippen LogP contribution in [0.2, 0.25) is 0 Å². The van der Waals surface area contributed by atoms with Gasteiger partial charge < -0.3 is 14.6 Å². The zero-order chi connectivity index (χ0) is 17.6. The third kappa shape index (κ3) is 4.03. The van der Waals surface area contributed by atoms with Gasteiger partial charge in [0.1, 0.15) is 5.75 Å². The van der Waals surface area contributed by atoms with Crippen molar-refractivity contribution in [3.63, 3.8) is 0 Å². The topological polar surface area (TPSA) is 77.2 Å². The average molecular weight is 337 g/mol. The standard InChI is InChI=1S/C19H19N3O3/c1-13(12-20-18(23)15-9-6-10-16(11-15)24-2)19-21-17(22-25-19)14-7-4-3-5-8-14/h3-11,13H,12H2,1-2H3,(H,20,23). The molecule has 0 spiro atoms. The van der Waals surface area contributed by atoms with Gasteiger partial charge in [0, 0.05) is 17.7 Å². The van der Waals surface area contributed by atoms with Crippen LogP contribution in [-0.4, -0.2) is 29.7 Å². The predicted molar refractivity (Wildman–Crippen MR) is 93.5 cm³/mol. The SMILES string of the molecule is COc1cccc(C(=O)NCC(C)c2nc(-c3ccccc3)no2)c1. The molecule has 2 aromatic carbocycles. The molecule has 1 unspecified atom stereocenters. The Kier molecular flexibility index (Phi) is 5.09. The Morgan fingerprint density at radius 3 is 2.76 bits per heavy atom. The van der Waals surface area contributed by atoms with Crippen LogP contribution < -0.4 is 10.1 Å². The first kappa shape index (κ1) is 16.7. The zero-order valence-electron chi connectivity index (χ0n) is 14.1. The van der Waals surface area contributed by atoms with Crippen LogP contribution in [-0.2, 0) is 0 Å². The molecule has 25 heavy (non-hydrogen) atoms. The molecule has 3 aromatic rings. The number of nitrogens with one attached hydrogen (secondary N) is 1. The lowest BCUT2D eigenvalue weighted by atomic mass is 10.1. The van der Waals surface area contributed by atoms with E-state index in [-0.39, 0.29) is 11.8 Å². The van der Waals surface area contributed by atoms with E-state index in [1.165, 1.54) is 0 Å². The van der Waals surface area contributed by atoms with Crippen LogP contribution in [0, 0.1) is 0 Å². The summed E-state index contributed by atoms with van der Waals surface area (Å²) in [6.45, 7) is 2.32. The highest BCUT2D eigenvalue weighted by Gasteiger charge is 2.16. The van der Waals surface area contributed by atoms with Crippen LogP contribution >= 0.6 is 0 Å². The van der Waals surface area contributed by atoms with E-state index in [1.54, 1.807) is 31.4 Å². The van der Waals surface area contributed by atoms with Gasteiger partial charge in [-0.1, -0.05) is 48.5 Å². The number of nitrogens with zero attached hydrogens (tertiary/aromatic N) is 2. The molecule has 0 fully saturated rings. The highest BCUT2D eigenvalue weighted by molar-refractivity contribution is 5.94. The number of carbonyl (C=O) groups is 1. The second kappa shape index (κ2) is 7.61. The normalized spacial score (nSPS) is 11.8. The number of rotatable bonds is 6. The lowest BCUT2D eigenvalue weighted by Crippen LogP contribution is -2.27. The first-order valence-electron chi connectivity index (χ1n) is 7.98. The summed E-state index contributed by atoms with van der Waals surface area (Å²) in [6, 6.07) is 16.6. The molecule has 0 saturated carbocycles. The fraction of sp³-hybridized carbons (Fsp3) is 0.211. The number of methoxy groups -OCH3 is 1. The maximum Gasteiger partial charge on any atom is 0.251 e. The molecule has 1 heterocycles. The van der Waals surface area contributed by atoms with Gasteiger partial charge in [-0.2, -0.15) is 4.98 Å². The fourth-order valence-electron chi connectivity index (χ4n) is 2.34. The van der Waals surface area contributed by atoms with E-state index < -0.39 is 0 Å². The minimum absolute atomic E-state index is 0.0977. The number of benzene rings is 2. The van der Waals surface area contributed by atoms with Crippen molar-refractivity contribution in [2.75, 3.05) is 13.7 Å². The second-order valence-corrected chi connectivity index (χ2v) is 5.67. The molecule has 0 aliphatic carbocycles. The lowest BCUT2D eigenvalue weighted by Gasteiger charge is -2.09. The highest BCUT2D eigenvalue weighted by Crippen LogP contribution is 2.19. The number of hydrogen-bond acceptors (Lipinski definition) is 5. The van der Waals surface area contributed by atoms with Gasteiger partial charge >= 0.3 is 0 Å². The monoisotopic (exact) mass is 337 g/mol. The average Bonchev–Trinajstić information content (AvgIpc) is 3.17. The van der Waals surface area contributed by atoms with Crippen molar-refractivity contribution in [1.82, 2.24) is 15.5 Å². The summed E-state index contributed by atoms with van der Waals surface area (Å²) < 4.78 is 10.5. The Hall–Kier alpha value is -3.15. The maximum absolute atomic E-state index is 12.2. The lowest BCUT2D eigenvalue weighted by molar-refractivity contribution is 0.0950. The number of ether oxygens (including phenoxy) is 1. The van der Waals surface area contributed by atoms with Gasteiger partial charge in [0.05, 0.1) is 13.0 Å². The molecule has 0 aliphatic rings. The molecule has 6 heteroatoms. The van der Waals surface area contributed by atoms with Crippen LogP contribution in [0.3, 0.4) is 0 Å². The van der Waals surface area contributed by atoms with Gasteiger partial charge in [-0.05, 0) is 18.2 Å². The van der Waals surface area contributed by atoms with E-state index in [1.807, 2.05) is 37.3 Å². The summed E-state index contributed by atoms with van der Waals surface area (Å²) in [6.07, 6.45) is 0. The largest absolute Gasteiger partial charge is 0.497 e. The molecule has 0 aliphatic heterocycles. The van der Waals surface area contributed by atoms with Crippen molar-refractivity contribution in [2.45, 2.75) is 12.8 Å². The summed E-state index contributed by atoms with van der Waals surface area (Å²) in [4.78, 5) is 16.7. The Morgan fingerprint density at radius 2 is 2.00 bits per heavy atom. The van der Waals surface area contributed by atoms with Crippen molar-refractivity contribution in [3.8, 4) is 17.1 Å². The molecule has 3 rings (SSSR count). The predicted octanol–water partition coefficient (Wildman–Crippen LogP) is 3.28. The van der Waals surface area contributed by atoms with Crippen LogP contribution in [0.1, 0.15) is 29.1 Å². The van der Waals surface area contributed by atoms with Crippen molar-refractivity contribution in [2.24, 2.45) is 0 Å². The smallest absolute Gasteiger partial charge is 0.251 e. The third-order valence-electron chi connectivity index (χ3n) is 3.80. The van der Waals surface area contributed by atoms with Crippen LogP contribution in [0.4, 0.5) is 0 Å². The molecule has 0 saturated heterocycles. The molecule has 1 N–H and O–H groups in total. The molecule has 0 bridgehead atoms. The Balaban J connectivity index is 1.62. The molecule has 1 atom stereocenters. The highest BCUT2D eigenvalue weighted by atomic mass is 16.5. The van der Waals surface area contributed by atoms with Gasteiger partial charge in [0.15, 0.2) is 0 Å². The minimum Gasteiger partial charge on any atom is -0.497 e. The maximum atomic E-state index is 12.2. The third-order valence-corrected chi connectivity index (χ3v) is 3.80. The quantitative estimate of drug-likeness (QED) is 0.747. The number of amides is 1. The van der Waals surface area contributed by atoms with Gasteiger partial charge in [-0.15, -0.1) is 0 Å². The van der Waals surface area contributed by atoms with E-state index in [2.05, 4.69) is 15.5 Å². The van der Waals surface area contributed by atoms with Gasteiger partial charge in [0.2, 0.25) is 11.7 Å². The number of carbonyl (C=O) groups excluding carboxylic acids is 1. The number of aromatic nitrogens is 2. The summed E-state index contributed by atoms with van der Waals surface area (Å²) >= 11 is 0. The van der Waals surface area contributed by atoms with Crippen LogP contribution in [0.15, 0.2) is 59.1 Å². The molecule has 1 aromatic heterocycles. The Labute approximate surface area is 145 Å². The van der Waals surface area contributed by atoms with Crippen LogP contribution in [0.5, 0.6) is 5.75 Å². The van der Waals surface area contributed by atoms with E-state index in [0.29, 0.717) is 29.6 Å². The van der Waals surface area contributed by atoms with E-state index >= 15 is 0 Å². The van der Waals surface area contributed by atoms with Crippen molar-refractivity contribution in [3.05, 3.63) is 66.1 Å². The van der Waals surface area contributed by atoms with E-state index in [0.717, 1.165) is 5.56 Å². The second-order valence-electron chi connectivity index (χ2n) is 5.67. The molecule has 0 radical (unpaired) electrons. The minimum atomic E-state index is -0.173. The first-order chi connectivity index (χ1) is 12.2. The van der Waals surface area contributed by atoms with E-state index in [9.17, 15) is 4.79 Å². The summed E-state index contributed by atoms with van der Waals surface area (Å²) in [5.74, 6) is 1.41. The molecular formula is C19H19N3O3. The van der Waals surface area contributed by atoms with E-state index in [4.69, 9.17) is 9.26 Å². The summed E-state index contributed by atoms with van der Waals surface area (Å²) in [5, 5.41) is 6.88. The molecule has 128 valence electrons. The molecular weight excluding hydrogens is 318 g/mol. The fourth-order valence-corrected chi connectivity index (χ4v) is 2.34. The molecule has 1 amide bonds. The van der Waals surface area contributed by atoms with Gasteiger partial charge in [-0.3, -0.25) is 4.79 Å². The van der Waals surface area contributed by atoms with Crippen molar-refractivity contribution in [1.29, 1.82) is 0 Å². The van der Waals surface area contributed by atoms with Crippen molar-refractivity contribution >= 4 is 5.91 Å². The van der Waals surface area contributed by atoms with Crippen molar-refractivity contribution < 1.29 is 14.1 Å². The zero-order valence-corrected chi connectivity index (χ0v) is 14.1. The molecule has 6 nitrogen and oxygen atoms in total. The summed E-state index contributed by atoms with van der Waals surface area (Å²) in [7, 11) is 1.57. The van der Waals surface area contributed by atoms with Crippen LogP contribution in [0.25, 0.3) is 11.4 Å². The van der Waals surface area contributed by atoms with Gasteiger partial charge in [0.25, 0.3) is 5.91 Å². The van der Waals surface area contributed by atoms with Gasteiger partial charge in [-0.25, -0.2) is 0 Å².